The number of aromatic nitrogens is 3. The van der Waals surface area contributed by atoms with Crippen molar-refractivity contribution in [1.82, 2.24) is 19.9 Å². The van der Waals surface area contributed by atoms with E-state index >= 15 is 0 Å². The fraction of sp³-hybridized carbons (Fsp3) is 0.579. The Morgan fingerprint density at radius 1 is 1.31 bits per heavy atom. The molecular weight excluding hydrogens is 332 g/mol. The summed E-state index contributed by atoms with van der Waals surface area (Å²) in [6.45, 7) is 2.76. The molecule has 1 aromatic carbocycles. The van der Waals surface area contributed by atoms with Gasteiger partial charge in [-0.2, -0.15) is 4.68 Å². The molecule has 1 amide bonds. The molecule has 1 saturated heterocycles. The maximum atomic E-state index is 13.0. The molecule has 0 radical (unpaired) electrons. The van der Waals surface area contributed by atoms with Gasteiger partial charge in [0.1, 0.15) is 11.6 Å². The van der Waals surface area contributed by atoms with Crippen molar-refractivity contribution >= 4 is 16.8 Å². The second-order valence-corrected chi connectivity index (χ2v) is 7.61. The number of benzene rings is 1. The standard InChI is InChI=1S/C19H24N4O3/c1-13(23-18(25)15-7-2-3-8-16(15)20-21-23)17(24)22-11-10-19(26)9-5-4-6-14(19)12-22/h2-3,7-8,13-14,26H,4-6,9-12H2,1H3/t13-,14-,19+/m0/s1. The third-order valence-corrected chi connectivity index (χ3v) is 6.05. The number of rotatable bonds is 2. The zero-order valence-corrected chi connectivity index (χ0v) is 15.0. The second-order valence-electron chi connectivity index (χ2n) is 7.61. The summed E-state index contributed by atoms with van der Waals surface area (Å²) in [5.74, 6) is -0.00938. The average Bonchev–Trinajstić information content (AvgIpc) is 2.66. The largest absolute Gasteiger partial charge is 0.389 e. The third-order valence-electron chi connectivity index (χ3n) is 6.05. The first-order chi connectivity index (χ1) is 12.5. The van der Waals surface area contributed by atoms with Crippen LogP contribution in [0, 0.1) is 5.92 Å². The predicted molar refractivity (Wildman–Crippen MR) is 96.6 cm³/mol. The first-order valence-electron chi connectivity index (χ1n) is 9.35. The van der Waals surface area contributed by atoms with E-state index in [1.807, 2.05) is 0 Å². The van der Waals surface area contributed by atoms with Crippen molar-refractivity contribution in [3.05, 3.63) is 34.6 Å². The van der Waals surface area contributed by atoms with Gasteiger partial charge in [-0.15, -0.1) is 5.10 Å². The lowest BCUT2D eigenvalue weighted by Gasteiger charge is -2.47. The van der Waals surface area contributed by atoms with Crippen LogP contribution >= 0.6 is 0 Å². The van der Waals surface area contributed by atoms with Crippen LogP contribution in [0.25, 0.3) is 10.9 Å². The van der Waals surface area contributed by atoms with E-state index in [4.69, 9.17) is 0 Å². The Labute approximate surface area is 151 Å². The first kappa shape index (κ1) is 17.1. The molecule has 1 aliphatic carbocycles. The number of aliphatic hydroxyl groups is 1. The van der Waals surface area contributed by atoms with Crippen molar-refractivity contribution in [3.63, 3.8) is 0 Å². The van der Waals surface area contributed by atoms with E-state index in [1.54, 1.807) is 36.1 Å². The molecular formula is C19H24N4O3. The molecule has 1 aliphatic heterocycles. The minimum atomic E-state index is -0.714. The number of amides is 1. The summed E-state index contributed by atoms with van der Waals surface area (Å²) in [4.78, 5) is 27.4. The van der Waals surface area contributed by atoms with Crippen LogP contribution in [-0.4, -0.2) is 49.6 Å². The molecule has 0 bridgehead atoms. The molecule has 0 spiro atoms. The van der Waals surface area contributed by atoms with Gasteiger partial charge in [0.25, 0.3) is 5.56 Å². The number of fused-ring (bicyclic) bond motifs is 2. The summed E-state index contributed by atoms with van der Waals surface area (Å²) in [7, 11) is 0. The van der Waals surface area contributed by atoms with E-state index in [-0.39, 0.29) is 17.4 Å². The van der Waals surface area contributed by atoms with Crippen molar-refractivity contribution in [3.8, 4) is 0 Å². The van der Waals surface area contributed by atoms with Gasteiger partial charge in [0.2, 0.25) is 5.91 Å². The minimum absolute atomic E-state index is 0.126. The zero-order valence-electron chi connectivity index (χ0n) is 15.0. The lowest BCUT2D eigenvalue weighted by Crippen LogP contribution is -2.55. The monoisotopic (exact) mass is 356 g/mol. The van der Waals surface area contributed by atoms with Crippen LogP contribution < -0.4 is 5.56 Å². The van der Waals surface area contributed by atoms with Crippen LogP contribution in [0.5, 0.6) is 0 Å². The normalized spacial score (nSPS) is 27.2. The van der Waals surface area contributed by atoms with Gasteiger partial charge >= 0.3 is 0 Å². The highest BCUT2D eigenvalue weighted by Gasteiger charge is 2.44. The van der Waals surface area contributed by atoms with E-state index in [0.717, 1.165) is 25.7 Å². The van der Waals surface area contributed by atoms with Crippen LogP contribution in [0.4, 0.5) is 0 Å². The van der Waals surface area contributed by atoms with Crippen LogP contribution in [0.1, 0.15) is 45.1 Å². The van der Waals surface area contributed by atoms with E-state index in [0.29, 0.717) is 30.4 Å². The van der Waals surface area contributed by atoms with E-state index in [9.17, 15) is 14.7 Å². The van der Waals surface area contributed by atoms with Gasteiger partial charge in [-0.1, -0.05) is 30.2 Å². The number of nitrogens with zero attached hydrogens (tertiary/aromatic N) is 4. The molecule has 3 atom stereocenters. The van der Waals surface area contributed by atoms with Gasteiger partial charge < -0.3 is 10.0 Å². The highest BCUT2D eigenvalue weighted by Crippen LogP contribution is 2.40. The van der Waals surface area contributed by atoms with Crippen molar-refractivity contribution < 1.29 is 9.90 Å². The number of piperidine rings is 1. The molecule has 2 aliphatic rings. The number of hydrogen-bond acceptors (Lipinski definition) is 5. The fourth-order valence-electron chi connectivity index (χ4n) is 4.40. The maximum absolute atomic E-state index is 13.0. The number of carbonyl (C=O) groups is 1. The van der Waals surface area contributed by atoms with Gasteiger partial charge in [-0.05, 0) is 38.3 Å². The average molecular weight is 356 g/mol. The summed E-state index contributed by atoms with van der Waals surface area (Å²) < 4.78 is 1.17. The van der Waals surface area contributed by atoms with Gasteiger partial charge in [-0.3, -0.25) is 9.59 Å². The molecule has 2 heterocycles. The number of carbonyl (C=O) groups excluding carboxylic acids is 1. The van der Waals surface area contributed by atoms with Crippen molar-refractivity contribution in [2.75, 3.05) is 13.1 Å². The highest BCUT2D eigenvalue weighted by atomic mass is 16.3. The van der Waals surface area contributed by atoms with Gasteiger partial charge in [0.05, 0.1) is 11.0 Å². The van der Waals surface area contributed by atoms with E-state index in [1.165, 1.54) is 4.68 Å². The minimum Gasteiger partial charge on any atom is -0.389 e. The molecule has 1 saturated carbocycles. The first-order valence-corrected chi connectivity index (χ1v) is 9.35. The topological polar surface area (TPSA) is 88.3 Å². The molecule has 1 N–H and O–H groups in total. The summed E-state index contributed by atoms with van der Waals surface area (Å²) in [6.07, 6.45) is 4.53. The Hall–Kier alpha value is -2.28. The van der Waals surface area contributed by atoms with Crippen LogP contribution in [-0.2, 0) is 4.79 Å². The molecule has 1 aromatic heterocycles. The molecule has 0 unspecified atom stereocenters. The van der Waals surface area contributed by atoms with Crippen LogP contribution in [0.15, 0.2) is 29.1 Å². The van der Waals surface area contributed by atoms with Gasteiger partial charge in [0.15, 0.2) is 0 Å². The quantitative estimate of drug-likeness (QED) is 0.881. The SMILES string of the molecule is C[C@@H](C(=O)N1CC[C@]2(O)CCCC[C@H]2C1)n1nnc2ccccc2c1=O. The number of hydrogen-bond donors (Lipinski definition) is 1. The lowest BCUT2D eigenvalue weighted by atomic mass is 9.71. The van der Waals surface area contributed by atoms with Crippen LogP contribution in [0.2, 0.25) is 0 Å². The third kappa shape index (κ3) is 2.80. The Kier molecular flexibility index (Phi) is 4.26. The summed E-state index contributed by atoms with van der Waals surface area (Å²) >= 11 is 0. The predicted octanol–water partition coefficient (Wildman–Crippen LogP) is 1.51. The molecule has 7 nitrogen and oxygen atoms in total. The molecule has 4 rings (SSSR count). The lowest BCUT2D eigenvalue weighted by molar-refractivity contribution is -0.146. The summed E-state index contributed by atoms with van der Waals surface area (Å²) in [5, 5.41) is 19.3. The van der Waals surface area contributed by atoms with E-state index in [2.05, 4.69) is 10.3 Å². The van der Waals surface area contributed by atoms with Crippen LogP contribution in [0.3, 0.4) is 0 Å². The smallest absolute Gasteiger partial charge is 0.278 e. The Balaban J connectivity index is 1.57. The Morgan fingerprint density at radius 3 is 2.96 bits per heavy atom. The van der Waals surface area contributed by atoms with Crippen molar-refractivity contribution in [1.29, 1.82) is 0 Å². The molecule has 2 fully saturated rings. The molecule has 26 heavy (non-hydrogen) atoms. The molecule has 138 valence electrons. The summed E-state index contributed by atoms with van der Waals surface area (Å²) in [6, 6.07) is 6.29. The van der Waals surface area contributed by atoms with Gasteiger partial charge in [0, 0.05) is 19.0 Å². The highest BCUT2D eigenvalue weighted by molar-refractivity contribution is 5.81. The zero-order chi connectivity index (χ0) is 18.3. The molecule has 2 aromatic rings. The summed E-state index contributed by atoms with van der Waals surface area (Å²) in [5.41, 5.74) is -0.404. The Morgan fingerprint density at radius 2 is 2.12 bits per heavy atom. The molecule has 7 heteroatoms. The maximum Gasteiger partial charge on any atom is 0.278 e. The van der Waals surface area contributed by atoms with Crippen molar-refractivity contribution in [2.24, 2.45) is 5.92 Å². The van der Waals surface area contributed by atoms with E-state index < -0.39 is 11.6 Å². The Bertz CT molecular complexity index is 896. The van der Waals surface area contributed by atoms with Crippen molar-refractivity contribution in [2.45, 2.75) is 50.7 Å². The van der Waals surface area contributed by atoms with Gasteiger partial charge in [-0.25, -0.2) is 0 Å². The number of likely N-dealkylation sites (tertiary alicyclic amines) is 1. The fourth-order valence-corrected chi connectivity index (χ4v) is 4.40. The second kappa shape index (κ2) is 6.46.